The van der Waals surface area contributed by atoms with E-state index in [9.17, 15) is 9.59 Å². The Morgan fingerprint density at radius 1 is 1.00 bits per heavy atom. The van der Waals surface area contributed by atoms with Gasteiger partial charge in [-0.3, -0.25) is 9.59 Å². The monoisotopic (exact) mass is 442 g/mol. The zero-order valence-corrected chi connectivity index (χ0v) is 18.4. The molecule has 0 bridgehead atoms. The summed E-state index contributed by atoms with van der Waals surface area (Å²) in [6, 6.07) is 9.33. The SMILES string of the molecule is CC(=O)N1CCN(C(=O)C2CCN(c3nccc(Nc4ccccc4Cl)n3)CC2)CC1. The van der Waals surface area contributed by atoms with Crippen LogP contribution in [-0.4, -0.2) is 70.9 Å². The Bertz CT molecular complexity index is 939. The van der Waals surface area contributed by atoms with Crippen LogP contribution in [0.25, 0.3) is 0 Å². The molecule has 2 amide bonds. The predicted octanol–water partition coefficient (Wildman–Crippen LogP) is 2.78. The van der Waals surface area contributed by atoms with E-state index in [0.29, 0.717) is 43.0 Å². The van der Waals surface area contributed by atoms with Crippen LogP contribution in [0.1, 0.15) is 19.8 Å². The fourth-order valence-electron chi connectivity index (χ4n) is 4.10. The fourth-order valence-corrected chi connectivity index (χ4v) is 4.28. The first-order valence-electron chi connectivity index (χ1n) is 10.6. The average Bonchev–Trinajstić information content (AvgIpc) is 2.80. The first-order chi connectivity index (χ1) is 15.0. The third kappa shape index (κ3) is 5.07. The van der Waals surface area contributed by atoms with Crippen molar-refractivity contribution in [2.45, 2.75) is 19.8 Å². The zero-order valence-electron chi connectivity index (χ0n) is 17.6. The number of nitrogens with zero attached hydrogens (tertiary/aromatic N) is 5. The van der Waals surface area contributed by atoms with Gasteiger partial charge in [-0.2, -0.15) is 4.98 Å². The molecule has 0 aliphatic carbocycles. The number of piperidine rings is 1. The van der Waals surface area contributed by atoms with Crippen LogP contribution < -0.4 is 10.2 Å². The minimum atomic E-state index is 0.0181. The van der Waals surface area contributed by atoms with E-state index in [2.05, 4.69) is 20.2 Å². The number of carbonyl (C=O) groups excluding carboxylic acids is 2. The maximum absolute atomic E-state index is 12.9. The third-order valence-corrected chi connectivity index (χ3v) is 6.27. The highest BCUT2D eigenvalue weighted by molar-refractivity contribution is 6.33. The van der Waals surface area contributed by atoms with Crippen LogP contribution in [0, 0.1) is 5.92 Å². The number of rotatable bonds is 4. The molecule has 0 saturated carbocycles. The molecule has 4 rings (SSSR count). The van der Waals surface area contributed by atoms with Gasteiger partial charge in [0.25, 0.3) is 0 Å². The lowest BCUT2D eigenvalue weighted by Gasteiger charge is -2.38. The van der Waals surface area contributed by atoms with Crippen LogP contribution in [0.3, 0.4) is 0 Å². The second kappa shape index (κ2) is 9.51. The van der Waals surface area contributed by atoms with Gasteiger partial charge < -0.3 is 20.0 Å². The van der Waals surface area contributed by atoms with E-state index >= 15 is 0 Å². The first kappa shape index (κ1) is 21.4. The van der Waals surface area contributed by atoms with Gasteiger partial charge >= 0.3 is 0 Å². The van der Waals surface area contributed by atoms with Crippen molar-refractivity contribution in [1.29, 1.82) is 0 Å². The van der Waals surface area contributed by atoms with E-state index in [4.69, 9.17) is 11.6 Å². The standard InChI is InChI=1S/C22H27ClN6O2/c1-16(30)27-12-14-28(15-13-27)21(31)17-7-10-29(11-8-17)22-24-9-6-20(26-22)25-19-5-3-2-4-18(19)23/h2-6,9,17H,7-8,10-15H2,1H3,(H,24,25,26). The van der Waals surface area contributed by atoms with Gasteiger partial charge in [-0.1, -0.05) is 23.7 Å². The van der Waals surface area contributed by atoms with Crippen LogP contribution in [-0.2, 0) is 9.59 Å². The van der Waals surface area contributed by atoms with E-state index in [1.807, 2.05) is 35.2 Å². The molecule has 2 aliphatic rings. The Morgan fingerprint density at radius 2 is 1.68 bits per heavy atom. The summed E-state index contributed by atoms with van der Waals surface area (Å²) in [5.74, 6) is 1.63. The average molecular weight is 443 g/mol. The molecule has 2 fully saturated rings. The molecule has 2 saturated heterocycles. The molecule has 0 atom stereocenters. The summed E-state index contributed by atoms with van der Waals surface area (Å²) in [5.41, 5.74) is 0.794. The van der Waals surface area contributed by atoms with Crippen molar-refractivity contribution in [1.82, 2.24) is 19.8 Å². The highest BCUT2D eigenvalue weighted by Gasteiger charge is 2.31. The highest BCUT2D eigenvalue weighted by atomic mass is 35.5. The summed E-state index contributed by atoms with van der Waals surface area (Å²) >= 11 is 6.22. The predicted molar refractivity (Wildman–Crippen MR) is 121 cm³/mol. The maximum Gasteiger partial charge on any atom is 0.227 e. The Labute approximate surface area is 187 Å². The molecule has 0 spiro atoms. The van der Waals surface area contributed by atoms with Crippen molar-refractivity contribution in [2.24, 2.45) is 5.92 Å². The zero-order chi connectivity index (χ0) is 21.8. The second-order valence-corrected chi connectivity index (χ2v) is 8.35. The van der Waals surface area contributed by atoms with Crippen LogP contribution in [0.15, 0.2) is 36.5 Å². The smallest absolute Gasteiger partial charge is 0.227 e. The van der Waals surface area contributed by atoms with Crippen molar-refractivity contribution in [3.05, 3.63) is 41.6 Å². The topological polar surface area (TPSA) is 81.7 Å². The number of nitrogens with one attached hydrogen (secondary N) is 1. The van der Waals surface area contributed by atoms with E-state index < -0.39 is 0 Å². The number of hydrogen-bond donors (Lipinski definition) is 1. The molecule has 1 N–H and O–H groups in total. The van der Waals surface area contributed by atoms with Crippen molar-refractivity contribution in [3.63, 3.8) is 0 Å². The molecule has 0 radical (unpaired) electrons. The lowest BCUT2D eigenvalue weighted by Crippen LogP contribution is -2.52. The van der Waals surface area contributed by atoms with Crippen LogP contribution in [0.5, 0.6) is 0 Å². The summed E-state index contributed by atoms with van der Waals surface area (Å²) < 4.78 is 0. The minimum absolute atomic E-state index is 0.0181. The second-order valence-electron chi connectivity index (χ2n) is 7.94. The Balaban J connectivity index is 1.32. The van der Waals surface area contributed by atoms with Crippen LogP contribution >= 0.6 is 11.6 Å². The summed E-state index contributed by atoms with van der Waals surface area (Å²) in [5, 5.41) is 3.87. The molecule has 9 heteroatoms. The van der Waals surface area contributed by atoms with Crippen molar-refractivity contribution >= 4 is 40.9 Å². The molecule has 164 valence electrons. The molecule has 1 aromatic carbocycles. The van der Waals surface area contributed by atoms with Gasteiger partial charge in [0.15, 0.2) is 0 Å². The number of amides is 2. The molecular formula is C22H27ClN6O2. The molecular weight excluding hydrogens is 416 g/mol. The van der Waals surface area contributed by atoms with Gasteiger partial charge in [0, 0.05) is 58.3 Å². The summed E-state index contributed by atoms with van der Waals surface area (Å²) in [7, 11) is 0. The van der Waals surface area contributed by atoms with Gasteiger partial charge in [-0.05, 0) is 31.0 Å². The summed E-state index contributed by atoms with van der Waals surface area (Å²) in [6.07, 6.45) is 3.28. The van der Waals surface area contributed by atoms with Gasteiger partial charge in [-0.15, -0.1) is 0 Å². The molecule has 8 nitrogen and oxygen atoms in total. The molecule has 0 unspecified atom stereocenters. The number of carbonyl (C=O) groups is 2. The van der Waals surface area contributed by atoms with E-state index in [1.165, 1.54) is 0 Å². The van der Waals surface area contributed by atoms with Crippen LogP contribution in [0.4, 0.5) is 17.5 Å². The van der Waals surface area contributed by atoms with Crippen LogP contribution in [0.2, 0.25) is 5.02 Å². The van der Waals surface area contributed by atoms with Crippen molar-refractivity contribution < 1.29 is 9.59 Å². The Kier molecular flexibility index (Phi) is 6.56. The Morgan fingerprint density at radius 3 is 2.35 bits per heavy atom. The largest absolute Gasteiger partial charge is 0.341 e. The number of hydrogen-bond acceptors (Lipinski definition) is 6. The summed E-state index contributed by atoms with van der Waals surface area (Å²) in [4.78, 5) is 39.3. The van der Waals surface area contributed by atoms with Gasteiger partial charge in [0.2, 0.25) is 17.8 Å². The number of piperazine rings is 1. The quantitative estimate of drug-likeness (QED) is 0.784. The van der Waals surface area contributed by atoms with E-state index in [0.717, 1.165) is 31.6 Å². The Hall–Kier alpha value is -2.87. The minimum Gasteiger partial charge on any atom is -0.341 e. The van der Waals surface area contributed by atoms with Gasteiger partial charge in [0.1, 0.15) is 5.82 Å². The van der Waals surface area contributed by atoms with Crippen molar-refractivity contribution in [3.8, 4) is 0 Å². The molecule has 2 aliphatic heterocycles. The lowest BCUT2D eigenvalue weighted by atomic mass is 9.95. The number of anilines is 3. The summed E-state index contributed by atoms with van der Waals surface area (Å²) in [6.45, 7) is 5.54. The molecule has 31 heavy (non-hydrogen) atoms. The fraction of sp³-hybridized carbons (Fsp3) is 0.455. The number of benzene rings is 1. The maximum atomic E-state index is 12.9. The number of aromatic nitrogens is 2. The third-order valence-electron chi connectivity index (χ3n) is 5.94. The van der Waals surface area contributed by atoms with Gasteiger partial charge in [-0.25, -0.2) is 4.98 Å². The van der Waals surface area contributed by atoms with Gasteiger partial charge in [0.05, 0.1) is 10.7 Å². The lowest BCUT2D eigenvalue weighted by molar-refractivity contribution is -0.141. The van der Waals surface area contributed by atoms with E-state index in [-0.39, 0.29) is 17.7 Å². The molecule has 1 aromatic heterocycles. The highest BCUT2D eigenvalue weighted by Crippen LogP contribution is 2.26. The number of para-hydroxylation sites is 1. The molecule has 3 heterocycles. The first-order valence-corrected chi connectivity index (χ1v) is 11.0. The number of halogens is 1. The molecule has 2 aromatic rings. The normalized spacial score (nSPS) is 17.5. The van der Waals surface area contributed by atoms with Crippen molar-refractivity contribution in [2.75, 3.05) is 49.5 Å². The van der Waals surface area contributed by atoms with E-state index in [1.54, 1.807) is 18.0 Å².